The molecule has 2 aromatic carbocycles. The van der Waals surface area contributed by atoms with Crippen LogP contribution in [0.3, 0.4) is 0 Å². The second-order valence-electron chi connectivity index (χ2n) is 6.43. The van der Waals surface area contributed by atoms with Gasteiger partial charge >= 0.3 is 5.97 Å². The maximum absolute atomic E-state index is 12.6. The molecule has 1 saturated heterocycles. The Kier molecular flexibility index (Phi) is 7.06. The van der Waals surface area contributed by atoms with Crippen LogP contribution < -0.4 is 10.1 Å². The molecule has 1 heterocycles. The zero-order valence-corrected chi connectivity index (χ0v) is 18.5. The van der Waals surface area contributed by atoms with E-state index in [1.54, 1.807) is 6.07 Å². The number of halogens is 1. The zero-order valence-electron chi connectivity index (χ0n) is 16.9. The molecule has 166 valence electrons. The number of carbonyl (C=O) groups excluding carboxylic acids is 4. The third-order valence-corrected chi connectivity index (χ3v) is 5.57. The van der Waals surface area contributed by atoms with E-state index in [0.717, 1.165) is 4.90 Å². The van der Waals surface area contributed by atoms with Crippen molar-refractivity contribution in [2.75, 3.05) is 26.1 Å². The van der Waals surface area contributed by atoms with Gasteiger partial charge in [-0.15, -0.1) is 0 Å². The number of methoxy groups -OCH3 is 2. The number of ether oxygens (including phenoxy) is 2. The highest BCUT2D eigenvalue weighted by Crippen LogP contribution is 2.34. The Hall–Kier alpha value is -3.50. The maximum atomic E-state index is 12.6. The number of phenolic OH excluding ortho intramolecular Hbond substituents is 1. The van der Waals surface area contributed by atoms with Gasteiger partial charge in [0, 0.05) is 5.69 Å². The highest BCUT2D eigenvalue weighted by Gasteiger charge is 2.36. The minimum absolute atomic E-state index is 0.0591. The molecule has 32 heavy (non-hydrogen) atoms. The molecule has 1 aliphatic heterocycles. The first-order valence-electron chi connectivity index (χ1n) is 9.03. The van der Waals surface area contributed by atoms with Crippen LogP contribution >= 0.6 is 23.4 Å². The van der Waals surface area contributed by atoms with Crippen LogP contribution in [0.5, 0.6) is 11.5 Å². The van der Waals surface area contributed by atoms with Gasteiger partial charge in [-0.25, -0.2) is 4.79 Å². The fraction of sp³-hybridized carbons (Fsp3) is 0.143. The average Bonchev–Trinajstić information content (AvgIpc) is 3.02. The molecule has 0 spiro atoms. The number of imide groups is 1. The van der Waals surface area contributed by atoms with Crippen molar-refractivity contribution in [3.8, 4) is 11.5 Å². The van der Waals surface area contributed by atoms with Gasteiger partial charge in [0.1, 0.15) is 6.54 Å². The number of hydrogen-bond acceptors (Lipinski definition) is 8. The van der Waals surface area contributed by atoms with E-state index in [4.69, 9.17) is 16.3 Å². The predicted octanol–water partition coefficient (Wildman–Crippen LogP) is 3.52. The number of thioether (sulfide) groups is 1. The molecule has 0 saturated carbocycles. The van der Waals surface area contributed by atoms with Crippen molar-refractivity contribution in [1.29, 1.82) is 0 Å². The third kappa shape index (κ3) is 5.04. The smallest absolute Gasteiger partial charge is 0.339 e. The number of rotatable bonds is 6. The normalized spacial score (nSPS) is 14.6. The molecule has 0 aliphatic carbocycles. The summed E-state index contributed by atoms with van der Waals surface area (Å²) in [5, 5.41) is 11.9. The van der Waals surface area contributed by atoms with Crippen molar-refractivity contribution >= 4 is 58.1 Å². The Morgan fingerprint density at radius 1 is 1.19 bits per heavy atom. The lowest BCUT2D eigenvalue weighted by Gasteiger charge is -2.13. The number of esters is 1. The van der Waals surface area contributed by atoms with E-state index >= 15 is 0 Å². The summed E-state index contributed by atoms with van der Waals surface area (Å²) in [7, 11) is 2.61. The number of amides is 3. The molecule has 11 heteroatoms. The van der Waals surface area contributed by atoms with E-state index in [0.29, 0.717) is 17.3 Å². The third-order valence-electron chi connectivity index (χ3n) is 4.33. The van der Waals surface area contributed by atoms with E-state index < -0.39 is 29.6 Å². The summed E-state index contributed by atoms with van der Waals surface area (Å²) >= 11 is 6.63. The number of phenols is 1. The largest absolute Gasteiger partial charge is 0.504 e. The lowest BCUT2D eigenvalue weighted by Crippen LogP contribution is -2.36. The fourth-order valence-corrected chi connectivity index (χ4v) is 3.83. The summed E-state index contributed by atoms with van der Waals surface area (Å²) < 4.78 is 9.60. The Labute approximate surface area is 191 Å². The molecular formula is C21H17ClN2O7S. The number of aromatic hydroxyl groups is 1. The summed E-state index contributed by atoms with van der Waals surface area (Å²) in [4.78, 5) is 49.9. The summed E-state index contributed by atoms with van der Waals surface area (Å²) in [6.45, 7) is -0.522. The number of carbonyl (C=O) groups is 4. The molecule has 2 aromatic rings. The molecule has 0 radical (unpaired) electrons. The van der Waals surface area contributed by atoms with Gasteiger partial charge < -0.3 is 19.9 Å². The number of benzene rings is 2. The molecule has 0 bridgehead atoms. The molecule has 0 atom stereocenters. The summed E-state index contributed by atoms with van der Waals surface area (Å²) in [5.74, 6) is -1.81. The lowest BCUT2D eigenvalue weighted by molar-refractivity contribution is -0.127. The first-order chi connectivity index (χ1) is 15.2. The molecule has 1 aliphatic rings. The summed E-state index contributed by atoms with van der Waals surface area (Å²) in [5.41, 5.74) is 0.787. The highest BCUT2D eigenvalue weighted by atomic mass is 35.5. The van der Waals surface area contributed by atoms with E-state index in [9.17, 15) is 24.3 Å². The Morgan fingerprint density at radius 3 is 2.59 bits per heavy atom. The van der Waals surface area contributed by atoms with Crippen molar-refractivity contribution in [3.63, 3.8) is 0 Å². The van der Waals surface area contributed by atoms with Gasteiger partial charge in [-0.05, 0) is 53.7 Å². The average molecular weight is 477 g/mol. The molecule has 1 fully saturated rings. The molecule has 0 unspecified atom stereocenters. The van der Waals surface area contributed by atoms with Crippen LogP contribution in [0.25, 0.3) is 6.08 Å². The van der Waals surface area contributed by atoms with Gasteiger partial charge in [0.2, 0.25) is 5.91 Å². The Bertz CT molecular complexity index is 1150. The van der Waals surface area contributed by atoms with Crippen LogP contribution in [0.2, 0.25) is 5.02 Å². The molecule has 3 amide bonds. The van der Waals surface area contributed by atoms with E-state index in [1.165, 1.54) is 50.6 Å². The van der Waals surface area contributed by atoms with Crippen LogP contribution in [0.15, 0.2) is 41.3 Å². The number of nitrogens with zero attached hydrogens (tertiary/aromatic N) is 1. The summed E-state index contributed by atoms with van der Waals surface area (Å²) in [6, 6.07) is 8.73. The second-order valence-corrected chi connectivity index (χ2v) is 7.83. The first kappa shape index (κ1) is 23.2. The van der Waals surface area contributed by atoms with Crippen molar-refractivity contribution in [3.05, 3.63) is 57.5 Å². The van der Waals surface area contributed by atoms with Gasteiger partial charge in [-0.3, -0.25) is 19.3 Å². The van der Waals surface area contributed by atoms with Crippen molar-refractivity contribution < 1.29 is 33.8 Å². The SMILES string of the molecule is COC(=O)c1cc(NC(=O)CN2C(=O)SC(=Cc3ccc(OC)c(O)c3)C2=O)ccc1Cl. The Balaban J connectivity index is 1.71. The fourth-order valence-electron chi connectivity index (χ4n) is 2.80. The van der Waals surface area contributed by atoms with Crippen molar-refractivity contribution in [2.45, 2.75) is 0 Å². The van der Waals surface area contributed by atoms with Crippen LogP contribution in [0, 0.1) is 0 Å². The number of nitrogens with one attached hydrogen (secondary N) is 1. The number of hydrogen-bond donors (Lipinski definition) is 2. The van der Waals surface area contributed by atoms with Gasteiger partial charge in [-0.2, -0.15) is 0 Å². The van der Waals surface area contributed by atoms with Gasteiger partial charge in [0.05, 0.1) is 29.7 Å². The molecular weight excluding hydrogens is 460 g/mol. The van der Waals surface area contributed by atoms with Crippen LogP contribution in [0.1, 0.15) is 15.9 Å². The quantitative estimate of drug-likeness (QED) is 0.479. The second kappa shape index (κ2) is 9.75. The topological polar surface area (TPSA) is 122 Å². The van der Waals surface area contributed by atoms with Gasteiger partial charge in [0.25, 0.3) is 11.1 Å². The Morgan fingerprint density at radius 2 is 1.94 bits per heavy atom. The summed E-state index contributed by atoms with van der Waals surface area (Å²) in [6.07, 6.45) is 1.43. The highest BCUT2D eigenvalue weighted by molar-refractivity contribution is 8.18. The van der Waals surface area contributed by atoms with Crippen LogP contribution in [-0.2, 0) is 14.3 Å². The van der Waals surface area contributed by atoms with Crippen LogP contribution in [-0.4, -0.2) is 53.8 Å². The lowest BCUT2D eigenvalue weighted by atomic mass is 10.2. The molecule has 2 N–H and O–H groups in total. The predicted molar refractivity (Wildman–Crippen MR) is 119 cm³/mol. The minimum Gasteiger partial charge on any atom is -0.504 e. The first-order valence-corrected chi connectivity index (χ1v) is 10.2. The maximum Gasteiger partial charge on any atom is 0.339 e. The minimum atomic E-state index is -0.674. The van der Waals surface area contributed by atoms with Gasteiger partial charge in [-0.1, -0.05) is 17.7 Å². The van der Waals surface area contributed by atoms with E-state index in [-0.39, 0.29) is 32.7 Å². The monoisotopic (exact) mass is 476 g/mol. The number of anilines is 1. The van der Waals surface area contributed by atoms with Crippen LogP contribution in [0.4, 0.5) is 10.5 Å². The van der Waals surface area contributed by atoms with E-state index in [2.05, 4.69) is 10.1 Å². The van der Waals surface area contributed by atoms with Crippen molar-refractivity contribution in [1.82, 2.24) is 4.90 Å². The zero-order chi connectivity index (χ0) is 23.4. The van der Waals surface area contributed by atoms with Gasteiger partial charge in [0.15, 0.2) is 11.5 Å². The molecule has 9 nitrogen and oxygen atoms in total. The van der Waals surface area contributed by atoms with E-state index in [1.807, 2.05) is 0 Å². The standard InChI is InChI=1S/C21H17ClN2O7S/c1-30-16-6-3-11(7-15(16)25)8-17-19(27)24(21(29)32-17)10-18(26)23-12-4-5-14(22)13(9-12)20(28)31-2/h3-9,25H,10H2,1-2H3,(H,23,26). The molecule has 3 rings (SSSR count). The molecule has 0 aromatic heterocycles. The van der Waals surface area contributed by atoms with Crippen molar-refractivity contribution in [2.24, 2.45) is 0 Å².